The molecule has 232 valence electrons. The molecule has 0 fully saturated rings. The molecule has 0 saturated carbocycles. The lowest BCUT2D eigenvalue weighted by Crippen LogP contribution is -2.38. The third-order valence-electron chi connectivity index (χ3n) is 6.82. The average molecular weight is 618 g/mol. The second kappa shape index (κ2) is 14.2. The number of benzene rings is 3. The summed E-state index contributed by atoms with van der Waals surface area (Å²) in [5.41, 5.74) is -1.67. The van der Waals surface area contributed by atoms with E-state index in [9.17, 15) is 35.9 Å². The second-order valence-corrected chi connectivity index (χ2v) is 9.99. The van der Waals surface area contributed by atoms with Crippen LogP contribution < -0.4 is 10.6 Å². The fraction of sp³-hybridized carbons (Fsp3) is 0.250. The molecule has 1 aromatic heterocycles. The van der Waals surface area contributed by atoms with Crippen LogP contribution in [0.2, 0.25) is 0 Å². The Morgan fingerprint density at radius 2 is 1.34 bits per heavy atom. The van der Waals surface area contributed by atoms with Gasteiger partial charge in [0.25, 0.3) is 0 Å². The first-order valence-electron chi connectivity index (χ1n) is 13.6. The van der Waals surface area contributed by atoms with Crippen LogP contribution in [0.3, 0.4) is 0 Å². The van der Waals surface area contributed by atoms with Gasteiger partial charge in [0.05, 0.1) is 23.9 Å². The molecule has 4 rings (SSSR count). The molecule has 0 bridgehead atoms. The predicted molar refractivity (Wildman–Crippen MR) is 152 cm³/mol. The van der Waals surface area contributed by atoms with Crippen molar-refractivity contribution in [2.24, 2.45) is 0 Å². The first-order chi connectivity index (χ1) is 20.9. The van der Waals surface area contributed by atoms with Gasteiger partial charge in [0.1, 0.15) is 5.76 Å². The molecule has 3 aromatic carbocycles. The number of carbonyl (C=O) groups excluding carboxylic acids is 2. The van der Waals surface area contributed by atoms with Gasteiger partial charge >= 0.3 is 18.4 Å². The standard InChI is InChI=1S/C32H29F6N3O3/c33-31(34,35)24-18-25(32(36,37)38)20-26(19-24)40-30(43)41(21-27-12-7-17-44-27)16-14-29(42)39-15-13-28(22-8-3-1-4-9-22)23-10-5-2-6-11-23/h1-12,17-20,28H,13-16,21H2,(H,39,42)(H,40,43). The van der Waals surface area contributed by atoms with Gasteiger partial charge in [-0.1, -0.05) is 60.7 Å². The SMILES string of the molecule is O=C(CCN(Cc1ccco1)C(=O)Nc1cc(C(F)(F)F)cc(C(F)(F)F)c1)NCCC(c1ccccc1)c1ccccc1. The fourth-order valence-electron chi connectivity index (χ4n) is 4.65. The molecule has 0 unspecified atom stereocenters. The van der Waals surface area contributed by atoms with E-state index < -0.39 is 35.2 Å². The maximum absolute atomic E-state index is 13.3. The summed E-state index contributed by atoms with van der Waals surface area (Å²) in [5.74, 6) is -0.0670. The topological polar surface area (TPSA) is 74.6 Å². The summed E-state index contributed by atoms with van der Waals surface area (Å²) in [4.78, 5) is 26.9. The van der Waals surface area contributed by atoms with E-state index >= 15 is 0 Å². The third-order valence-corrected chi connectivity index (χ3v) is 6.82. The minimum Gasteiger partial charge on any atom is -0.467 e. The smallest absolute Gasteiger partial charge is 0.416 e. The normalized spacial score (nSPS) is 11.8. The van der Waals surface area contributed by atoms with Crippen molar-refractivity contribution < 1.29 is 40.3 Å². The molecule has 2 N–H and O–H groups in total. The molecule has 44 heavy (non-hydrogen) atoms. The van der Waals surface area contributed by atoms with Crippen molar-refractivity contribution in [1.29, 1.82) is 0 Å². The van der Waals surface area contributed by atoms with E-state index in [4.69, 9.17) is 4.42 Å². The minimum atomic E-state index is -5.08. The molecule has 0 aliphatic rings. The molecule has 0 aliphatic carbocycles. The third kappa shape index (κ3) is 9.13. The Balaban J connectivity index is 1.41. The van der Waals surface area contributed by atoms with Crippen molar-refractivity contribution in [3.63, 3.8) is 0 Å². The molecule has 6 nitrogen and oxygen atoms in total. The molecule has 0 spiro atoms. The zero-order chi connectivity index (χ0) is 31.7. The van der Waals surface area contributed by atoms with Crippen LogP contribution in [-0.2, 0) is 23.7 Å². The highest BCUT2D eigenvalue weighted by Gasteiger charge is 2.37. The zero-order valence-corrected chi connectivity index (χ0v) is 23.3. The Labute approximate surface area is 249 Å². The van der Waals surface area contributed by atoms with E-state index in [0.29, 0.717) is 30.9 Å². The highest BCUT2D eigenvalue weighted by atomic mass is 19.4. The Kier molecular flexibility index (Phi) is 10.4. The lowest BCUT2D eigenvalue weighted by molar-refractivity contribution is -0.143. The van der Waals surface area contributed by atoms with Crippen LogP contribution in [0.1, 0.15) is 46.8 Å². The number of halogens is 6. The number of amides is 3. The number of alkyl halides is 6. The van der Waals surface area contributed by atoms with Crippen molar-refractivity contribution >= 4 is 17.6 Å². The van der Waals surface area contributed by atoms with Gasteiger partial charge in [0, 0.05) is 31.1 Å². The monoisotopic (exact) mass is 617 g/mol. The van der Waals surface area contributed by atoms with Crippen molar-refractivity contribution in [2.75, 3.05) is 18.4 Å². The zero-order valence-electron chi connectivity index (χ0n) is 23.3. The molecule has 0 radical (unpaired) electrons. The van der Waals surface area contributed by atoms with Crippen LogP contribution in [0.4, 0.5) is 36.8 Å². The molecule has 0 aliphatic heterocycles. The molecule has 0 saturated heterocycles. The number of furan rings is 1. The maximum Gasteiger partial charge on any atom is 0.416 e. The summed E-state index contributed by atoms with van der Waals surface area (Å²) in [5, 5.41) is 4.94. The summed E-state index contributed by atoms with van der Waals surface area (Å²) >= 11 is 0. The van der Waals surface area contributed by atoms with Crippen molar-refractivity contribution in [3.8, 4) is 0 Å². The number of hydrogen-bond acceptors (Lipinski definition) is 3. The van der Waals surface area contributed by atoms with Gasteiger partial charge in [-0.25, -0.2) is 4.79 Å². The number of urea groups is 1. The molecular weight excluding hydrogens is 588 g/mol. The van der Waals surface area contributed by atoms with E-state index in [1.165, 1.54) is 6.26 Å². The van der Waals surface area contributed by atoms with Gasteiger partial charge in [0.15, 0.2) is 0 Å². The number of hydrogen-bond donors (Lipinski definition) is 2. The van der Waals surface area contributed by atoms with Crippen LogP contribution in [-0.4, -0.2) is 29.9 Å². The Bertz CT molecular complexity index is 1440. The summed E-state index contributed by atoms with van der Waals surface area (Å²) in [6.07, 6.45) is -8.39. The van der Waals surface area contributed by atoms with Crippen molar-refractivity contribution in [1.82, 2.24) is 10.2 Å². The van der Waals surface area contributed by atoms with Crippen LogP contribution >= 0.6 is 0 Å². The van der Waals surface area contributed by atoms with Crippen LogP contribution in [0.5, 0.6) is 0 Å². The average Bonchev–Trinajstić information content (AvgIpc) is 3.50. The summed E-state index contributed by atoms with van der Waals surface area (Å²) in [6, 6.07) is 22.5. The van der Waals surface area contributed by atoms with Crippen LogP contribution in [0.25, 0.3) is 0 Å². The van der Waals surface area contributed by atoms with E-state index in [1.807, 2.05) is 60.7 Å². The first-order valence-corrected chi connectivity index (χ1v) is 13.6. The number of nitrogens with one attached hydrogen (secondary N) is 2. The first kappa shape index (κ1) is 32.2. The minimum absolute atomic E-state index is 0.0213. The van der Waals surface area contributed by atoms with E-state index in [2.05, 4.69) is 10.6 Å². The highest BCUT2D eigenvalue weighted by Crippen LogP contribution is 2.37. The van der Waals surface area contributed by atoms with Crippen molar-refractivity contribution in [3.05, 3.63) is 125 Å². The van der Waals surface area contributed by atoms with Gasteiger partial charge < -0.3 is 20.0 Å². The number of rotatable bonds is 11. The van der Waals surface area contributed by atoms with Gasteiger partial charge in [-0.2, -0.15) is 26.3 Å². The van der Waals surface area contributed by atoms with Crippen LogP contribution in [0.15, 0.2) is 102 Å². The lowest BCUT2D eigenvalue weighted by Gasteiger charge is -2.23. The molecule has 1 heterocycles. The van der Waals surface area contributed by atoms with E-state index in [-0.39, 0.29) is 37.4 Å². The van der Waals surface area contributed by atoms with Gasteiger partial charge in [-0.05, 0) is 47.9 Å². The molecular formula is C32H29F6N3O3. The van der Waals surface area contributed by atoms with Crippen molar-refractivity contribution in [2.45, 2.75) is 37.7 Å². The predicted octanol–water partition coefficient (Wildman–Crippen LogP) is 8.08. The fourth-order valence-corrected chi connectivity index (χ4v) is 4.65. The summed E-state index contributed by atoms with van der Waals surface area (Å²) < 4.78 is 85.0. The Hall–Kier alpha value is -4.74. The number of anilines is 1. The second-order valence-electron chi connectivity index (χ2n) is 9.99. The summed E-state index contributed by atoms with van der Waals surface area (Å²) in [6.45, 7) is -0.0479. The summed E-state index contributed by atoms with van der Waals surface area (Å²) in [7, 11) is 0. The van der Waals surface area contributed by atoms with E-state index in [1.54, 1.807) is 12.1 Å². The van der Waals surface area contributed by atoms with Gasteiger partial charge in [-0.15, -0.1) is 0 Å². The van der Waals surface area contributed by atoms with E-state index in [0.717, 1.165) is 16.0 Å². The van der Waals surface area contributed by atoms with Crippen LogP contribution in [0, 0.1) is 0 Å². The lowest BCUT2D eigenvalue weighted by atomic mass is 9.88. The molecule has 0 atom stereocenters. The molecule has 4 aromatic rings. The maximum atomic E-state index is 13.3. The van der Waals surface area contributed by atoms with Gasteiger partial charge in [0.2, 0.25) is 5.91 Å². The molecule has 12 heteroatoms. The Morgan fingerprint density at radius 3 is 1.84 bits per heavy atom. The number of nitrogens with zero attached hydrogens (tertiary/aromatic N) is 1. The number of carbonyl (C=O) groups is 2. The molecule has 3 amide bonds. The Morgan fingerprint density at radius 1 is 0.773 bits per heavy atom. The largest absolute Gasteiger partial charge is 0.467 e. The quantitative estimate of drug-likeness (QED) is 0.167. The highest BCUT2D eigenvalue weighted by molar-refractivity contribution is 5.90. The van der Waals surface area contributed by atoms with Gasteiger partial charge in [-0.3, -0.25) is 4.79 Å².